The van der Waals surface area contributed by atoms with E-state index in [1.165, 1.54) is 0 Å². The Balaban J connectivity index is 1.95. The summed E-state index contributed by atoms with van der Waals surface area (Å²) in [5.41, 5.74) is 0.869. The predicted molar refractivity (Wildman–Crippen MR) is 62.0 cm³/mol. The number of aliphatic hydroxyl groups is 1. The molecule has 0 aliphatic carbocycles. The van der Waals surface area contributed by atoms with Crippen molar-refractivity contribution in [2.45, 2.75) is 19.4 Å². The van der Waals surface area contributed by atoms with Gasteiger partial charge in [0.2, 0.25) is 5.82 Å². The van der Waals surface area contributed by atoms with E-state index < -0.39 is 6.10 Å². The van der Waals surface area contributed by atoms with Gasteiger partial charge in [0.1, 0.15) is 0 Å². The van der Waals surface area contributed by atoms with Crippen LogP contribution in [0.2, 0.25) is 0 Å². The molecule has 2 aromatic heterocycles. The molecule has 94 valence electrons. The molecule has 1 saturated heterocycles. The number of nitrogens with zero attached hydrogens (tertiary/aromatic N) is 5. The molecule has 18 heavy (non-hydrogen) atoms. The Morgan fingerprint density at radius 3 is 3.06 bits per heavy atom. The Morgan fingerprint density at radius 2 is 2.39 bits per heavy atom. The van der Waals surface area contributed by atoms with Crippen molar-refractivity contribution in [2.24, 2.45) is 0 Å². The number of likely N-dealkylation sites (tertiary alicyclic amines) is 1. The van der Waals surface area contributed by atoms with Gasteiger partial charge in [0.15, 0.2) is 0 Å². The Bertz CT molecular complexity index is 608. The number of amides is 1. The highest BCUT2D eigenvalue weighted by molar-refractivity contribution is 5.91. The molecule has 7 heteroatoms. The predicted octanol–water partition coefficient (Wildman–Crippen LogP) is -0.360. The maximum absolute atomic E-state index is 12.1. The van der Waals surface area contributed by atoms with Crippen LogP contribution < -0.4 is 0 Å². The lowest BCUT2D eigenvalue weighted by molar-refractivity contribution is 0.0753. The number of aromatic nitrogens is 4. The Kier molecular flexibility index (Phi) is 2.48. The molecule has 3 heterocycles. The van der Waals surface area contributed by atoms with Gasteiger partial charge in [-0.05, 0) is 19.4 Å². The number of rotatable bonds is 1. The summed E-state index contributed by atoms with van der Waals surface area (Å²) < 4.78 is 1.54. The number of carbonyl (C=O) groups excluding carboxylic acids is 1. The zero-order chi connectivity index (χ0) is 12.7. The number of aliphatic hydroxyl groups excluding tert-OH is 1. The molecule has 0 saturated carbocycles. The number of aryl methyl sites for hydroxylation is 1. The van der Waals surface area contributed by atoms with Crippen molar-refractivity contribution in [1.29, 1.82) is 0 Å². The third-order valence-corrected chi connectivity index (χ3v) is 3.07. The van der Waals surface area contributed by atoms with Gasteiger partial charge >= 0.3 is 0 Å². The smallest absolute Gasteiger partial charge is 0.293 e. The van der Waals surface area contributed by atoms with Crippen molar-refractivity contribution in [3.8, 4) is 0 Å². The quantitative estimate of drug-likeness (QED) is 0.744. The van der Waals surface area contributed by atoms with Crippen molar-refractivity contribution >= 4 is 11.7 Å². The van der Waals surface area contributed by atoms with Crippen LogP contribution >= 0.6 is 0 Å². The minimum atomic E-state index is -0.439. The molecule has 1 atom stereocenters. The largest absolute Gasteiger partial charge is 0.391 e. The molecule has 0 radical (unpaired) electrons. The third-order valence-electron chi connectivity index (χ3n) is 3.07. The van der Waals surface area contributed by atoms with Crippen LogP contribution in [-0.4, -0.2) is 54.7 Å². The number of carbonyl (C=O) groups is 1. The maximum atomic E-state index is 12.1. The molecule has 0 bridgehead atoms. The first-order valence-corrected chi connectivity index (χ1v) is 5.81. The van der Waals surface area contributed by atoms with E-state index in [1.54, 1.807) is 21.7 Å². The lowest BCUT2D eigenvalue weighted by atomic mass is 10.3. The summed E-state index contributed by atoms with van der Waals surface area (Å²) >= 11 is 0. The zero-order valence-electron chi connectivity index (χ0n) is 9.94. The molecule has 0 aromatic carbocycles. The van der Waals surface area contributed by atoms with Crippen molar-refractivity contribution in [3.63, 3.8) is 0 Å². The fraction of sp³-hybridized carbons (Fsp3) is 0.455. The fourth-order valence-corrected chi connectivity index (χ4v) is 2.06. The molecule has 1 amide bonds. The van der Waals surface area contributed by atoms with Gasteiger partial charge in [-0.2, -0.15) is 4.98 Å². The van der Waals surface area contributed by atoms with Crippen LogP contribution in [0.5, 0.6) is 0 Å². The summed E-state index contributed by atoms with van der Waals surface area (Å²) in [7, 11) is 0. The SMILES string of the molecule is Cc1ccnc2nc(C(=O)N3CC[C@@H](O)C3)nn12. The first-order valence-electron chi connectivity index (χ1n) is 5.81. The van der Waals surface area contributed by atoms with Crippen LogP contribution in [0.1, 0.15) is 22.7 Å². The van der Waals surface area contributed by atoms with Gasteiger partial charge in [-0.3, -0.25) is 4.79 Å². The molecular weight excluding hydrogens is 234 g/mol. The average Bonchev–Trinajstić information content (AvgIpc) is 2.95. The minimum absolute atomic E-state index is 0.130. The third kappa shape index (κ3) is 1.72. The first kappa shape index (κ1) is 11.1. The van der Waals surface area contributed by atoms with E-state index in [0.29, 0.717) is 25.3 Å². The summed E-state index contributed by atoms with van der Waals surface area (Å²) in [6, 6.07) is 1.80. The summed E-state index contributed by atoms with van der Waals surface area (Å²) in [6.45, 7) is 2.76. The molecule has 3 rings (SSSR count). The Labute approximate surface area is 103 Å². The molecule has 7 nitrogen and oxygen atoms in total. The van der Waals surface area contributed by atoms with Crippen molar-refractivity contribution in [2.75, 3.05) is 13.1 Å². The number of β-amino-alcohol motifs (C(OH)–C–C–N with tert-alkyl or cyclic N) is 1. The Hall–Kier alpha value is -2.02. The van der Waals surface area contributed by atoms with Crippen molar-refractivity contribution < 1.29 is 9.90 Å². The van der Waals surface area contributed by atoms with E-state index in [0.717, 1.165) is 5.69 Å². The molecule has 2 aromatic rings. The van der Waals surface area contributed by atoms with Crippen LogP contribution in [0.25, 0.3) is 5.78 Å². The normalized spacial score (nSPS) is 19.7. The minimum Gasteiger partial charge on any atom is -0.391 e. The topological polar surface area (TPSA) is 83.6 Å². The van der Waals surface area contributed by atoms with E-state index >= 15 is 0 Å². The van der Waals surface area contributed by atoms with Crippen LogP contribution in [0.3, 0.4) is 0 Å². The van der Waals surface area contributed by atoms with Crippen LogP contribution in [0, 0.1) is 6.92 Å². The van der Waals surface area contributed by atoms with Crippen molar-refractivity contribution in [3.05, 3.63) is 23.8 Å². The van der Waals surface area contributed by atoms with Crippen molar-refractivity contribution in [1.82, 2.24) is 24.5 Å². The molecule has 0 unspecified atom stereocenters. The zero-order valence-corrected chi connectivity index (χ0v) is 9.94. The second-order valence-corrected chi connectivity index (χ2v) is 4.43. The van der Waals surface area contributed by atoms with E-state index in [9.17, 15) is 9.90 Å². The van der Waals surface area contributed by atoms with Gasteiger partial charge in [0.25, 0.3) is 11.7 Å². The highest BCUT2D eigenvalue weighted by atomic mass is 16.3. The second kappa shape index (κ2) is 4.02. The van der Waals surface area contributed by atoms with Gasteiger partial charge in [-0.15, -0.1) is 5.10 Å². The molecule has 0 spiro atoms. The van der Waals surface area contributed by atoms with E-state index in [1.807, 2.05) is 6.92 Å². The monoisotopic (exact) mass is 247 g/mol. The van der Waals surface area contributed by atoms with E-state index in [-0.39, 0.29) is 11.7 Å². The highest BCUT2D eigenvalue weighted by Crippen LogP contribution is 2.12. The van der Waals surface area contributed by atoms with Gasteiger partial charge in [0, 0.05) is 25.0 Å². The molecule has 1 fully saturated rings. The lowest BCUT2D eigenvalue weighted by Crippen LogP contribution is -2.30. The molecule has 1 aliphatic heterocycles. The van der Waals surface area contributed by atoms with Crippen LogP contribution in [-0.2, 0) is 0 Å². The molecule has 1 N–H and O–H groups in total. The van der Waals surface area contributed by atoms with Gasteiger partial charge in [-0.1, -0.05) is 0 Å². The Morgan fingerprint density at radius 1 is 1.56 bits per heavy atom. The standard InChI is InChI=1S/C11H13N5O2/c1-7-2-4-12-11-13-9(14-16(7)11)10(18)15-5-3-8(17)6-15/h2,4,8,17H,3,5-6H2,1H3/t8-/m1/s1. The molecular formula is C11H13N5O2. The second-order valence-electron chi connectivity index (χ2n) is 4.43. The van der Waals surface area contributed by atoms with Crippen LogP contribution in [0.4, 0.5) is 0 Å². The maximum Gasteiger partial charge on any atom is 0.293 e. The van der Waals surface area contributed by atoms with Gasteiger partial charge < -0.3 is 10.0 Å². The van der Waals surface area contributed by atoms with E-state index in [2.05, 4.69) is 15.1 Å². The van der Waals surface area contributed by atoms with Gasteiger partial charge in [-0.25, -0.2) is 9.50 Å². The summed E-state index contributed by atoms with van der Waals surface area (Å²) in [6.07, 6.45) is 1.80. The summed E-state index contributed by atoms with van der Waals surface area (Å²) in [4.78, 5) is 21.9. The number of hydrogen-bond acceptors (Lipinski definition) is 5. The number of fused-ring (bicyclic) bond motifs is 1. The fourth-order valence-electron chi connectivity index (χ4n) is 2.06. The summed E-state index contributed by atoms with van der Waals surface area (Å²) in [5.74, 6) is 0.292. The lowest BCUT2D eigenvalue weighted by Gasteiger charge is -2.12. The van der Waals surface area contributed by atoms with Crippen LogP contribution in [0.15, 0.2) is 12.3 Å². The number of hydrogen-bond donors (Lipinski definition) is 1. The molecule has 1 aliphatic rings. The average molecular weight is 247 g/mol. The summed E-state index contributed by atoms with van der Waals surface area (Å²) in [5, 5.41) is 13.6. The van der Waals surface area contributed by atoms with Gasteiger partial charge in [0.05, 0.1) is 6.10 Å². The first-order chi connectivity index (χ1) is 8.65. The highest BCUT2D eigenvalue weighted by Gasteiger charge is 2.28. The van der Waals surface area contributed by atoms with E-state index in [4.69, 9.17) is 0 Å².